The number of aliphatic hydroxyl groups is 1. The molecular weight excluding hydrogens is 132 g/mol. The highest BCUT2D eigenvalue weighted by atomic mass is 32.2. The molecule has 0 radical (unpaired) electrons. The lowest BCUT2D eigenvalue weighted by Gasteiger charge is -1.89. The second-order valence-corrected chi connectivity index (χ2v) is 1.97. The molecule has 0 bridgehead atoms. The monoisotopic (exact) mass is 146 g/mol. The van der Waals surface area contributed by atoms with Crippen molar-refractivity contribution in [3.05, 3.63) is 0 Å². The van der Waals surface area contributed by atoms with Crippen LogP contribution in [0.3, 0.4) is 0 Å². The Morgan fingerprint density at radius 1 is 1.62 bits per heavy atom. The van der Waals surface area contributed by atoms with Crippen LogP contribution in [0.25, 0.3) is 0 Å². The SMILES string of the molecule is [2H]C([2H])(O)C([2H])([2H])C([2H])([2H])S(=O)(=O)O. The minimum atomic E-state index is -5.48. The Kier molecular flexibility index (Phi) is 0.843. The fraction of sp³-hybridized carbons (Fsp3) is 1.00. The molecule has 0 aromatic carbocycles. The van der Waals surface area contributed by atoms with Crippen molar-refractivity contribution in [3.63, 3.8) is 0 Å². The standard InChI is InChI=1S/C3H8O4S/c4-2-1-3-8(5,6)7/h4H,1-3H2,(H,5,6,7)/i1D2,2D2,3D2. The van der Waals surface area contributed by atoms with E-state index < -0.39 is 28.8 Å². The van der Waals surface area contributed by atoms with E-state index in [9.17, 15) is 8.42 Å². The molecular formula is C3H8O4S. The van der Waals surface area contributed by atoms with Crippen molar-refractivity contribution >= 4 is 10.1 Å². The van der Waals surface area contributed by atoms with Gasteiger partial charge in [-0.05, 0) is 6.37 Å². The van der Waals surface area contributed by atoms with Crippen LogP contribution in [-0.2, 0) is 10.1 Å². The van der Waals surface area contributed by atoms with E-state index in [0.717, 1.165) is 0 Å². The van der Waals surface area contributed by atoms with Crippen LogP contribution in [0.5, 0.6) is 0 Å². The summed E-state index contributed by atoms with van der Waals surface area (Å²) in [7, 11) is -5.48. The summed E-state index contributed by atoms with van der Waals surface area (Å²) in [4.78, 5) is 0. The Morgan fingerprint density at radius 3 is 2.25 bits per heavy atom. The van der Waals surface area contributed by atoms with Gasteiger partial charge in [-0.2, -0.15) is 8.42 Å². The number of hydrogen-bond acceptors (Lipinski definition) is 3. The van der Waals surface area contributed by atoms with Crippen molar-refractivity contribution in [1.82, 2.24) is 0 Å². The maximum atomic E-state index is 10.4. The fourth-order valence-electron chi connectivity index (χ4n) is 0.0873. The first-order valence-electron chi connectivity index (χ1n) is 4.44. The van der Waals surface area contributed by atoms with Crippen molar-refractivity contribution in [2.24, 2.45) is 0 Å². The van der Waals surface area contributed by atoms with E-state index in [1.807, 2.05) is 0 Å². The largest absolute Gasteiger partial charge is 0.396 e. The minimum absolute atomic E-state index is 3.74. The molecule has 0 unspecified atom stereocenters. The molecule has 0 heterocycles. The van der Waals surface area contributed by atoms with Crippen molar-refractivity contribution in [3.8, 4) is 0 Å². The van der Waals surface area contributed by atoms with Gasteiger partial charge in [-0.25, -0.2) is 0 Å². The Balaban J connectivity index is 5.54. The molecule has 8 heavy (non-hydrogen) atoms. The summed E-state index contributed by atoms with van der Waals surface area (Å²) >= 11 is 0. The fourth-order valence-corrected chi connectivity index (χ4v) is 0.262. The van der Waals surface area contributed by atoms with Crippen LogP contribution in [-0.4, -0.2) is 30.3 Å². The second-order valence-electron chi connectivity index (χ2n) is 0.814. The minimum Gasteiger partial charge on any atom is -0.396 e. The van der Waals surface area contributed by atoms with Gasteiger partial charge in [-0.3, -0.25) is 4.55 Å². The lowest BCUT2D eigenvalue weighted by atomic mass is 10.5. The molecule has 0 rings (SSSR count). The van der Waals surface area contributed by atoms with Crippen LogP contribution in [0.1, 0.15) is 14.6 Å². The van der Waals surface area contributed by atoms with E-state index in [0.29, 0.717) is 0 Å². The first kappa shape index (κ1) is 2.24. The van der Waals surface area contributed by atoms with Crippen LogP contribution < -0.4 is 0 Å². The van der Waals surface area contributed by atoms with Crippen LogP contribution in [0.15, 0.2) is 0 Å². The van der Waals surface area contributed by atoms with Crippen molar-refractivity contribution in [1.29, 1.82) is 0 Å². The van der Waals surface area contributed by atoms with E-state index in [4.69, 9.17) is 17.9 Å². The molecule has 0 spiro atoms. The summed E-state index contributed by atoms with van der Waals surface area (Å²) in [6.45, 7) is -3.74. The van der Waals surface area contributed by atoms with Gasteiger partial charge in [0.1, 0.15) is 0 Å². The van der Waals surface area contributed by atoms with Gasteiger partial charge >= 0.3 is 0 Å². The van der Waals surface area contributed by atoms with Gasteiger partial charge < -0.3 is 5.11 Å². The van der Waals surface area contributed by atoms with Crippen LogP contribution in [0, 0.1) is 0 Å². The molecule has 0 atom stereocenters. The summed E-state index contributed by atoms with van der Waals surface area (Å²) in [5.74, 6) is 0. The van der Waals surface area contributed by atoms with Crippen molar-refractivity contribution < 1.29 is 26.3 Å². The molecule has 0 saturated carbocycles. The third-order valence-electron chi connectivity index (χ3n) is 0.236. The molecule has 50 valence electrons. The molecule has 2 N–H and O–H groups in total. The maximum Gasteiger partial charge on any atom is 0.264 e. The summed E-state index contributed by atoms with van der Waals surface area (Å²) in [5, 5.41) is 8.59. The van der Waals surface area contributed by atoms with Gasteiger partial charge in [0.2, 0.25) is 0 Å². The van der Waals surface area contributed by atoms with E-state index in [-0.39, 0.29) is 0 Å². The van der Waals surface area contributed by atoms with Gasteiger partial charge in [0, 0.05) is 12.0 Å². The summed E-state index contributed by atoms with van der Waals surface area (Å²) in [5.41, 5.74) is -3.95. The van der Waals surface area contributed by atoms with Crippen LogP contribution in [0.4, 0.5) is 0 Å². The topological polar surface area (TPSA) is 74.6 Å². The average molecular weight is 146 g/mol. The molecule has 0 saturated heterocycles. The zero-order valence-corrected chi connectivity index (χ0v) is 4.44. The lowest BCUT2D eigenvalue weighted by molar-refractivity contribution is 0.294. The molecule has 0 aromatic rings. The highest BCUT2D eigenvalue weighted by molar-refractivity contribution is 7.85. The van der Waals surface area contributed by atoms with E-state index in [1.54, 1.807) is 0 Å². The predicted molar refractivity (Wildman–Crippen MR) is 28.1 cm³/mol. The van der Waals surface area contributed by atoms with E-state index >= 15 is 0 Å². The normalized spacial score (nSPS) is 28.2. The molecule has 0 aliphatic heterocycles. The second kappa shape index (κ2) is 3.01. The highest BCUT2D eigenvalue weighted by Crippen LogP contribution is 1.84. The smallest absolute Gasteiger partial charge is 0.264 e. The van der Waals surface area contributed by atoms with Gasteiger partial charge in [-0.15, -0.1) is 0 Å². The third-order valence-corrected chi connectivity index (χ3v) is 0.596. The molecule has 0 aromatic heterocycles. The number of hydrogen-bond donors (Lipinski definition) is 2. The van der Waals surface area contributed by atoms with Crippen molar-refractivity contribution in [2.75, 3.05) is 12.3 Å². The molecule has 4 nitrogen and oxygen atoms in total. The molecule has 0 fully saturated rings. The maximum absolute atomic E-state index is 10.4. The van der Waals surface area contributed by atoms with Gasteiger partial charge in [0.15, 0.2) is 0 Å². The zero-order valence-electron chi connectivity index (χ0n) is 9.62. The Labute approximate surface area is 56.3 Å². The Morgan fingerprint density at radius 2 is 2.12 bits per heavy atom. The molecule has 0 aliphatic carbocycles. The van der Waals surface area contributed by atoms with Crippen LogP contribution >= 0.6 is 0 Å². The number of rotatable bonds is 3. The molecule has 0 amide bonds. The molecule has 0 aliphatic rings. The Hall–Kier alpha value is -0.130. The van der Waals surface area contributed by atoms with Gasteiger partial charge in [0.25, 0.3) is 10.1 Å². The third kappa shape index (κ3) is 5.87. The van der Waals surface area contributed by atoms with E-state index in [1.165, 1.54) is 0 Å². The zero-order chi connectivity index (χ0) is 12.0. The summed E-state index contributed by atoms with van der Waals surface area (Å²) in [6.07, 6.45) is -3.80. The van der Waals surface area contributed by atoms with Gasteiger partial charge in [-0.1, -0.05) is 0 Å². The Bertz CT molecular complexity index is 314. The summed E-state index contributed by atoms with van der Waals surface area (Å²) < 4.78 is 69.1. The van der Waals surface area contributed by atoms with Crippen LogP contribution in [0.2, 0.25) is 0 Å². The van der Waals surface area contributed by atoms with E-state index in [2.05, 4.69) is 0 Å². The first-order chi connectivity index (χ1) is 5.75. The quantitative estimate of drug-likeness (QED) is 0.514. The highest BCUT2D eigenvalue weighted by Gasteiger charge is 2.00. The van der Waals surface area contributed by atoms with Crippen molar-refractivity contribution in [2.45, 2.75) is 6.37 Å². The molecule has 5 heteroatoms. The lowest BCUT2D eigenvalue weighted by Crippen LogP contribution is -2.04. The average Bonchev–Trinajstić information content (AvgIpc) is 1.81. The summed E-state index contributed by atoms with van der Waals surface area (Å²) in [6, 6.07) is 0. The predicted octanol–water partition coefficient (Wildman–Crippen LogP) is -0.743. The van der Waals surface area contributed by atoms with Gasteiger partial charge in [0.05, 0.1) is 8.45 Å². The first-order valence-corrected chi connectivity index (χ1v) is 2.88.